The molecule has 6 heteroatoms. The Hall–Kier alpha value is -1.43. The zero-order valence-electron chi connectivity index (χ0n) is 12.4. The number of H-pyrrole nitrogens is 1. The number of nitrogens with zero attached hydrogens (tertiary/aromatic N) is 2. The average molecular weight is 323 g/mol. The predicted octanol–water partition coefficient (Wildman–Crippen LogP) is 2.96. The molecule has 1 saturated heterocycles. The van der Waals surface area contributed by atoms with E-state index in [0.29, 0.717) is 11.1 Å². The molecular formula is C16H20ClFN4. The van der Waals surface area contributed by atoms with Crippen LogP contribution < -0.4 is 5.32 Å². The second kappa shape index (κ2) is 7.22. The maximum atomic E-state index is 13.1. The first-order chi connectivity index (χ1) is 10.7. The van der Waals surface area contributed by atoms with E-state index in [0.717, 1.165) is 50.4 Å². The lowest BCUT2D eigenvalue weighted by molar-refractivity contribution is 0.182. The van der Waals surface area contributed by atoms with Crippen LogP contribution in [-0.2, 0) is 13.1 Å². The molecule has 4 nitrogen and oxygen atoms in total. The van der Waals surface area contributed by atoms with Gasteiger partial charge in [-0.3, -0.25) is 4.90 Å². The van der Waals surface area contributed by atoms with Crippen molar-refractivity contribution >= 4 is 11.6 Å². The summed E-state index contributed by atoms with van der Waals surface area (Å²) in [7, 11) is 0. The Morgan fingerprint density at radius 2 is 2.36 bits per heavy atom. The first-order valence-electron chi connectivity index (χ1n) is 7.58. The third-order valence-electron chi connectivity index (χ3n) is 4.03. The second-order valence-corrected chi connectivity index (χ2v) is 6.13. The van der Waals surface area contributed by atoms with Gasteiger partial charge in [0.25, 0.3) is 0 Å². The summed E-state index contributed by atoms with van der Waals surface area (Å²) >= 11 is 6.12. The van der Waals surface area contributed by atoms with E-state index >= 15 is 0 Å². The minimum atomic E-state index is -0.287. The van der Waals surface area contributed by atoms with E-state index in [4.69, 9.17) is 11.6 Å². The molecule has 1 aliphatic heterocycles. The van der Waals surface area contributed by atoms with E-state index < -0.39 is 0 Å². The van der Waals surface area contributed by atoms with E-state index in [1.165, 1.54) is 12.1 Å². The maximum Gasteiger partial charge on any atom is 0.124 e. The van der Waals surface area contributed by atoms with Crippen LogP contribution in [0.5, 0.6) is 0 Å². The molecule has 2 aromatic rings. The number of rotatable bonds is 5. The molecule has 1 aromatic carbocycles. The van der Waals surface area contributed by atoms with Crippen molar-refractivity contribution in [1.82, 2.24) is 20.2 Å². The summed E-state index contributed by atoms with van der Waals surface area (Å²) in [6, 6.07) is 5.07. The molecule has 118 valence electrons. The smallest absolute Gasteiger partial charge is 0.124 e. The summed E-state index contributed by atoms with van der Waals surface area (Å²) in [6.45, 7) is 3.53. The van der Waals surface area contributed by atoms with E-state index in [9.17, 15) is 4.39 Å². The molecule has 1 aromatic heterocycles. The highest BCUT2D eigenvalue weighted by molar-refractivity contribution is 6.31. The minimum Gasteiger partial charge on any atom is -0.348 e. The molecule has 2 N–H and O–H groups in total. The molecular weight excluding hydrogens is 303 g/mol. The molecule has 22 heavy (non-hydrogen) atoms. The topological polar surface area (TPSA) is 44.0 Å². The van der Waals surface area contributed by atoms with E-state index in [1.54, 1.807) is 12.3 Å². The Morgan fingerprint density at radius 3 is 3.14 bits per heavy atom. The van der Waals surface area contributed by atoms with Crippen LogP contribution in [0.25, 0.3) is 0 Å². The largest absolute Gasteiger partial charge is 0.348 e. The molecule has 0 saturated carbocycles. The maximum absolute atomic E-state index is 13.1. The van der Waals surface area contributed by atoms with Gasteiger partial charge in [0.05, 0.1) is 6.54 Å². The number of benzene rings is 1. The van der Waals surface area contributed by atoms with Crippen LogP contribution in [0, 0.1) is 5.82 Å². The molecule has 0 bridgehead atoms. The van der Waals surface area contributed by atoms with Crippen molar-refractivity contribution in [2.75, 3.05) is 13.1 Å². The van der Waals surface area contributed by atoms with E-state index in [1.807, 2.05) is 6.20 Å². The molecule has 0 unspecified atom stereocenters. The molecule has 1 fully saturated rings. The lowest BCUT2D eigenvalue weighted by Crippen LogP contribution is -2.45. The number of piperidine rings is 1. The fourth-order valence-electron chi connectivity index (χ4n) is 2.89. The first kappa shape index (κ1) is 15.5. The fourth-order valence-corrected chi connectivity index (χ4v) is 3.12. The van der Waals surface area contributed by atoms with Crippen molar-refractivity contribution in [3.63, 3.8) is 0 Å². The van der Waals surface area contributed by atoms with Crippen LogP contribution in [-0.4, -0.2) is 34.0 Å². The minimum absolute atomic E-state index is 0.287. The van der Waals surface area contributed by atoms with Crippen molar-refractivity contribution in [2.24, 2.45) is 0 Å². The van der Waals surface area contributed by atoms with Crippen molar-refractivity contribution in [2.45, 2.75) is 32.0 Å². The number of likely N-dealkylation sites (tertiary alicyclic amines) is 1. The molecule has 0 aliphatic carbocycles. The highest BCUT2D eigenvalue weighted by Crippen LogP contribution is 2.21. The third kappa shape index (κ3) is 4.06. The number of aromatic nitrogens is 2. The van der Waals surface area contributed by atoms with Gasteiger partial charge in [-0.15, -0.1) is 0 Å². The van der Waals surface area contributed by atoms with Crippen molar-refractivity contribution in [3.8, 4) is 0 Å². The SMILES string of the molecule is Fc1ccc(CN2CCC[C@H](NCc3ncc[nH]3)C2)c(Cl)c1. The van der Waals surface area contributed by atoms with Gasteiger partial charge in [-0.2, -0.15) is 0 Å². The van der Waals surface area contributed by atoms with Crippen LogP contribution in [0.2, 0.25) is 5.02 Å². The van der Waals surface area contributed by atoms with Gasteiger partial charge in [-0.25, -0.2) is 9.37 Å². The Morgan fingerprint density at radius 1 is 1.45 bits per heavy atom. The highest BCUT2D eigenvalue weighted by Gasteiger charge is 2.20. The molecule has 0 amide bonds. The van der Waals surface area contributed by atoms with Crippen LogP contribution in [0.1, 0.15) is 24.2 Å². The van der Waals surface area contributed by atoms with Gasteiger partial charge >= 0.3 is 0 Å². The summed E-state index contributed by atoms with van der Waals surface area (Å²) in [4.78, 5) is 9.69. The molecule has 1 aliphatic rings. The number of nitrogens with one attached hydrogen (secondary N) is 2. The zero-order chi connectivity index (χ0) is 15.4. The second-order valence-electron chi connectivity index (χ2n) is 5.73. The van der Waals surface area contributed by atoms with Gasteiger partial charge in [0.15, 0.2) is 0 Å². The Kier molecular flexibility index (Phi) is 5.08. The van der Waals surface area contributed by atoms with Gasteiger partial charge in [0.1, 0.15) is 11.6 Å². The molecule has 2 heterocycles. The summed E-state index contributed by atoms with van der Waals surface area (Å²) in [5.41, 5.74) is 0.981. The van der Waals surface area contributed by atoms with E-state index in [2.05, 4.69) is 20.2 Å². The normalized spacial score (nSPS) is 19.5. The highest BCUT2D eigenvalue weighted by atomic mass is 35.5. The van der Waals surface area contributed by atoms with Crippen LogP contribution in [0.15, 0.2) is 30.6 Å². The van der Waals surface area contributed by atoms with Gasteiger partial charge in [-0.05, 0) is 37.1 Å². The Balaban J connectivity index is 1.53. The first-order valence-corrected chi connectivity index (χ1v) is 7.96. The van der Waals surface area contributed by atoms with Crippen molar-refractivity contribution in [3.05, 3.63) is 52.8 Å². The number of hydrogen-bond donors (Lipinski definition) is 2. The van der Waals surface area contributed by atoms with Gasteiger partial charge in [0.2, 0.25) is 0 Å². The van der Waals surface area contributed by atoms with Crippen LogP contribution in [0.4, 0.5) is 4.39 Å². The van der Waals surface area contributed by atoms with Crippen molar-refractivity contribution < 1.29 is 4.39 Å². The Labute approximate surface area is 134 Å². The van der Waals surface area contributed by atoms with Gasteiger partial charge in [0, 0.05) is 36.5 Å². The number of imidazole rings is 1. The zero-order valence-corrected chi connectivity index (χ0v) is 13.1. The molecule has 0 radical (unpaired) electrons. The fraction of sp³-hybridized carbons (Fsp3) is 0.438. The summed E-state index contributed by atoms with van der Waals surface area (Å²) in [5.74, 6) is 0.670. The van der Waals surface area contributed by atoms with Crippen LogP contribution in [0.3, 0.4) is 0 Å². The van der Waals surface area contributed by atoms with E-state index in [-0.39, 0.29) is 5.82 Å². The summed E-state index contributed by atoms with van der Waals surface area (Å²) < 4.78 is 13.1. The van der Waals surface area contributed by atoms with Gasteiger partial charge in [-0.1, -0.05) is 17.7 Å². The van der Waals surface area contributed by atoms with Gasteiger partial charge < -0.3 is 10.3 Å². The molecule has 0 spiro atoms. The van der Waals surface area contributed by atoms with Crippen LogP contribution >= 0.6 is 11.6 Å². The molecule has 1 atom stereocenters. The average Bonchev–Trinajstić information content (AvgIpc) is 3.02. The molecule has 3 rings (SSSR count). The quantitative estimate of drug-likeness (QED) is 0.889. The number of hydrogen-bond acceptors (Lipinski definition) is 3. The third-order valence-corrected chi connectivity index (χ3v) is 4.38. The standard InChI is InChI=1S/C16H20ClFN4/c17-15-8-13(18)4-3-12(15)10-22-7-1-2-14(11-22)21-9-16-19-5-6-20-16/h3-6,8,14,21H,1-2,7,9-11H2,(H,19,20)/t14-/m0/s1. The van der Waals surface area contributed by atoms with Crippen molar-refractivity contribution in [1.29, 1.82) is 0 Å². The lowest BCUT2D eigenvalue weighted by Gasteiger charge is -2.33. The number of aromatic amines is 1. The number of halogens is 2. The summed E-state index contributed by atoms with van der Waals surface area (Å²) in [5, 5.41) is 4.04. The lowest BCUT2D eigenvalue weighted by atomic mass is 10.0. The Bertz CT molecular complexity index is 602. The monoisotopic (exact) mass is 322 g/mol. The predicted molar refractivity (Wildman–Crippen MR) is 85.1 cm³/mol. The summed E-state index contributed by atoms with van der Waals surface area (Å²) in [6.07, 6.45) is 5.91.